The van der Waals surface area contributed by atoms with Gasteiger partial charge in [-0.1, -0.05) is 17.7 Å². The highest BCUT2D eigenvalue weighted by molar-refractivity contribution is 6.31. The lowest BCUT2D eigenvalue weighted by atomic mass is 10.1. The van der Waals surface area contributed by atoms with Gasteiger partial charge in [0.2, 0.25) is 0 Å². The maximum absolute atomic E-state index is 8.99. The summed E-state index contributed by atoms with van der Waals surface area (Å²) in [4.78, 5) is 2.26. The van der Waals surface area contributed by atoms with Crippen molar-refractivity contribution in [1.82, 2.24) is 5.32 Å². The molecule has 108 valence electrons. The zero-order valence-corrected chi connectivity index (χ0v) is 13.0. The predicted octanol–water partition coefficient (Wildman–Crippen LogP) is 3.22. The Hall–Kier alpha value is -0.770. The third kappa shape index (κ3) is 4.37. The first-order valence-corrected chi connectivity index (χ1v) is 7.23. The van der Waals surface area contributed by atoms with Crippen LogP contribution in [-0.4, -0.2) is 31.3 Å². The normalized spacial score (nSPS) is 12.8. The van der Waals surface area contributed by atoms with Crippen LogP contribution in [0.4, 0.5) is 5.69 Å². The molecule has 3 nitrogen and oxygen atoms in total. The maximum atomic E-state index is 8.99. The molecule has 0 bridgehead atoms. The summed E-state index contributed by atoms with van der Waals surface area (Å²) in [6, 6.07) is 6.82. The van der Waals surface area contributed by atoms with Crippen molar-refractivity contribution >= 4 is 17.3 Å². The predicted molar refractivity (Wildman–Crippen MR) is 83.1 cm³/mol. The van der Waals surface area contributed by atoms with Crippen LogP contribution in [0.25, 0.3) is 0 Å². The minimum Gasteiger partial charge on any atom is -0.396 e. The van der Waals surface area contributed by atoms with Gasteiger partial charge in [0.05, 0.1) is 0 Å². The molecule has 0 fully saturated rings. The van der Waals surface area contributed by atoms with Gasteiger partial charge in [0.25, 0.3) is 0 Å². The first-order chi connectivity index (χ1) is 9.01. The highest BCUT2D eigenvalue weighted by Gasteiger charge is 2.13. The lowest BCUT2D eigenvalue weighted by Gasteiger charge is -2.29. The van der Waals surface area contributed by atoms with E-state index in [1.54, 1.807) is 0 Å². The summed E-state index contributed by atoms with van der Waals surface area (Å²) in [5.74, 6) is 0. The second kappa shape index (κ2) is 7.73. The molecule has 0 spiro atoms. The number of hydrogen-bond donors (Lipinski definition) is 2. The summed E-state index contributed by atoms with van der Waals surface area (Å²) < 4.78 is 0. The lowest BCUT2D eigenvalue weighted by Crippen LogP contribution is -2.32. The minimum atomic E-state index is 0.214. The van der Waals surface area contributed by atoms with Gasteiger partial charge >= 0.3 is 0 Å². The molecule has 1 rings (SSSR count). The molecule has 2 N–H and O–H groups in total. The zero-order valence-electron chi connectivity index (χ0n) is 12.3. The van der Waals surface area contributed by atoms with Gasteiger partial charge in [0.1, 0.15) is 0 Å². The van der Waals surface area contributed by atoms with Crippen molar-refractivity contribution in [2.75, 3.05) is 25.1 Å². The lowest BCUT2D eigenvalue weighted by molar-refractivity contribution is 0.288. The Morgan fingerprint density at radius 1 is 1.32 bits per heavy atom. The van der Waals surface area contributed by atoms with Gasteiger partial charge in [-0.25, -0.2) is 0 Å². The molecule has 0 aromatic heterocycles. The van der Waals surface area contributed by atoms with Crippen LogP contribution in [0.1, 0.15) is 38.8 Å². The van der Waals surface area contributed by atoms with Crippen molar-refractivity contribution in [2.45, 2.75) is 39.3 Å². The fourth-order valence-corrected chi connectivity index (χ4v) is 2.47. The van der Waals surface area contributed by atoms with Crippen molar-refractivity contribution < 1.29 is 5.11 Å². The van der Waals surface area contributed by atoms with Gasteiger partial charge in [-0.2, -0.15) is 0 Å². The van der Waals surface area contributed by atoms with Gasteiger partial charge in [0, 0.05) is 35.9 Å². The monoisotopic (exact) mass is 284 g/mol. The van der Waals surface area contributed by atoms with E-state index in [-0.39, 0.29) is 12.6 Å². The molecule has 0 aliphatic rings. The number of nitrogens with zero attached hydrogens (tertiary/aromatic N) is 1. The summed E-state index contributed by atoms with van der Waals surface area (Å²) in [5, 5.41) is 13.0. The molecule has 0 aliphatic carbocycles. The minimum absolute atomic E-state index is 0.214. The molecule has 0 saturated heterocycles. The smallest absolute Gasteiger partial charge is 0.0474 e. The van der Waals surface area contributed by atoms with Crippen molar-refractivity contribution in [3.05, 3.63) is 28.8 Å². The van der Waals surface area contributed by atoms with E-state index in [2.05, 4.69) is 43.1 Å². The topological polar surface area (TPSA) is 35.5 Å². The van der Waals surface area contributed by atoms with Crippen LogP contribution in [0.15, 0.2) is 18.2 Å². The van der Waals surface area contributed by atoms with Gasteiger partial charge in [0.15, 0.2) is 0 Å². The van der Waals surface area contributed by atoms with E-state index in [4.69, 9.17) is 16.7 Å². The fourth-order valence-electron chi connectivity index (χ4n) is 2.13. The van der Waals surface area contributed by atoms with Crippen LogP contribution in [0.3, 0.4) is 0 Å². The molecular weight excluding hydrogens is 260 g/mol. The Labute approximate surface area is 121 Å². The van der Waals surface area contributed by atoms with E-state index in [0.717, 1.165) is 29.2 Å². The second-order valence-electron chi connectivity index (χ2n) is 5.08. The first-order valence-electron chi connectivity index (χ1n) is 6.85. The Kier molecular flexibility index (Phi) is 6.63. The molecule has 4 heteroatoms. The first kappa shape index (κ1) is 16.3. The fraction of sp³-hybridized carbons (Fsp3) is 0.600. The van der Waals surface area contributed by atoms with Crippen LogP contribution < -0.4 is 10.2 Å². The van der Waals surface area contributed by atoms with Crippen LogP contribution in [0.2, 0.25) is 5.02 Å². The molecule has 0 radical (unpaired) electrons. The molecule has 1 unspecified atom stereocenters. The van der Waals surface area contributed by atoms with E-state index in [1.807, 2.05) is 13.1 Å². The Bertz CT molecular complexity index is 396. The van der Waals surface area contributed by atoms with Crippen LogP contribution in [-0.2, 0) is 0 Å². The summed E-state index contributed by atoms with van der Waals surface area (Å²) >= 11 is 6.37. The van der Waals surface area contributed by atoms with Gasteiger partial charge in [-0.05, 0) is 51.9 Å². The molecule has 1 aromatic carbocycles. The standard InChI is InChI=1S/C15H25ClN2O/c1-11(2)18(8-5-9-19)13-6-7-14(12(3)17-4)15(16)10-13/h6-7,10-12,17,19H,5,8-9H2,1-4H3. The number of hydrogen-bond acceptors (Lipinski definition) is 3. The third-order valence-corrected chi connectivity index (χ3v) is 3.72. The highest BCUT2D eigenvalue weighted by Crippen LogP contribution is 2.28. The molecule has 0 amide bonds. The van der Waals surface area contributed by atoms with Crippen LogP contribution in [0, 0.1) is 0 Å². The van der Waals surface area contributed by atoms with E-state index in [9.17, 15) is 0 Å². The molecule has 0 saturated carbocycles. The third-order valence-electron chi connectivity index (χ3n) is 3.40. The highest BCUT2D eigenvalue weighted by atomic mass is 35.5. The second-order valence-corrected chi connectivity index (χ2v) is 5.49. The zero-order chi connectivity index (χ0) is 14.4. The van der Waals surface area contributed by atoms with Crippen LogP contribution in [0.5, 0.6) is 0 Å². The van der Waals surface area contributed by atoms with Gasteiger partial charge in [-0.15, -0.1) is 0 Å². The summed E-state index contributed by atoms with van der Waals surface area (Å²) in [6.45, 7) is 7.44. The van der Waals surface area contributed by atoms with Gasteiger partial charge in [-0.3, -0.25) is 0 Å². The number of benzene rings is 1. The Morgan fingerprint density at radius 3 is 2.47 bits per heavy atom. The molecular formula is C15H25ClN2O. The SMILES string of the molecule is CNC(C)c1ccc(N(CCCO)C(C)C)cc1Cl. The van der Waals surface area contributed by atoms with Crippen LogP contribution >= 0.6 is 11.6 Å². The van der Waals surface area contributed by atoms with E-state index in [1.165, 1.54) is 0 Å². The molecule has 19 heavy (non-hydrogen) atoms. The number of aliphatic hydroxyl groups excluding tert-OH is 1. The Balaban J connectivity index is 2.96. The molecule has 0 aliphatic heterocycles. The molecule has 1 aromatic rings. The van der Waals surface area contributed by atoms with Crippen molar-refractivity contribution in [3.63, 3.8) is 0 Å². The number of anilines is 1. The average Bonchev–Trinajstić information content (AvgIpc) is 2.38. The number of rotatable bonds is 7. The maximum Gasteiger partial charge on any atom is 0.0474 e. The Morgan fingerprint density at radius 2 is 2.00 bits per heavy atom. The molecule has 1 atom stereocenters. The summed E-state index contributed by atoms with van der Waals surface area (Å²) in [7, 11) is 1.93. The van der Waals surface area contributed by atoms with Crippen molar-refractivity contribution in [2.24, 2.45) is 0 Å². The number of aliphatic hydroxyl groups is 1. The quantitative estimate of drug-likeness (QED) is 0.807. The number of nitrogens with one attached hydrogen (secondary N) is 1. The van der Waals surface area contributed by atoms with Gasteiger partial charge < -0.3 is 15.3 Å². The largest absolute Gasteiger partial charge is 0.396 e. The van der Waals surface area contributed by atoms with Crippen molar-refractivity contribution in [1.29, 1.82) is 0 Å². The molecule has 0 heterocycles. The average molecular weight is 285 g/mol. The van der Waals surface area contributed by atoms with Crippen molar-refractivity contribution in [3.8, 4) is 0 Å². The van der Waals surface area contributed by atoms with E-state index in [0.29, 0.717) is 6.04 Å². The van der Waals surface area contributed by atoms with E-state index < -0.39 is 0 Å². The van der Waals surface area contributed by atoms with E-state index >= 15 is 0 Å². The number of halogens is 1. The summed E-state index contributed by atoms with van der Waals surface area (Å²) in [5.41, 5.74) is 2.22. The summed E-state index contributed by atoms with van der Waals surface area (Å²) in [6.07, 6.45) is 0.768.